The molecule has 9 nitrogen and oxygen atoms in total. The summed E-state index contributed by atoms with van der Waals surface area (Å²) in [6, 6.07) is 7.06. The molecular formula is C22H22N4O5S. The molecule has 0 unspecified atom stereocenters. The van der Waals surface area contributed by atoms with E-state index >= 15 is 0 Å². The molecule has 1 aliphatic heterocycles. The Balaban J connectivity index is 1.15. The first-order chi connectivity index (χ1) is 15.6. The second kappa shape index (κ2) is 8.62. The minimum atomic E-state index is -0.865. The average molecular weight is 455 g/mol. The number of carbonyl (C=O) groups excluding carboxylic acids is 2. The first kappa shape index (κ1) is 20.5. The van der Waals surface area contributed by atoms with E-state index in [0.29, 0.717) is 22.7 Å². The number of aromatic nitrogens is 2. The van der Waals surface area contributed by atoms with Gasteiger partial charge in [-0.1, -0.05) is 12.1 Å². The topological polar surface area (TPSA) is 122 Å². The molecule has 0 saturated carbocycles. The number of hydrogen-bond acceptors (Lipinski definition) is 7. The van der Waals surface area contributed by atoms with Crippen molar-refractivity contribution in [1.82, 2.24) is 20.8 Å². The van der Waals surface area contributed by atoms with Gasteiger partial charge in [0.1, 0.15) is 17.3 Å². The molecule has 32 heavy (non-hydrogen) atoms. The van der Waals surface area contributed by atoms with E-state index < -0.39 is 17.9 Å². The largest absolute Gasteiger partial charge is 0.485 e. The van der Waals surface area contributed by atoms with Crippen molar-refractivity contribution >= 4 is 33.4 Å². The number of para-hydroxylation sites is 2. The van der Waals surface area contributed by atoms with Crippen LogP contribution in [0.4, 0.5) is 0 Å². The van der Waals surface area contributed by atoms with Gasteiger partial charge in [-0.15, -0.1) is 11.3 Å². The molecule has 0 bridgehead atoms. The van der Waals surface area contributed by atoms with Crippen molar-refractivity contribution in [3.63, 3.8) is 0 Å². The second-order valence-electron chi connectivity index (χ2n) is 7.81. The van der Waals surface area contributed by atoms with Gasteiger partial charge in [0.15, 0.2) is 11.5 Å². The van der Waals surface area contributed by atoms with Crippen LogP contribution in [-0.2, 0) is 28.9 Å². The van der Waals surface area contributed by atoms with Crippen molar-refractivity contribution in [3.05, 3.63) is 50.9 Å². The molecule has 0 radical (unpaired) electrons. The van der Waals surface area contributed by atoms with Crippen molar-refractivity contribution in [2.24, 2.45) is 0 Å². The number of aromatic amines is 1. The molecule has 0 spiro atoms. The monoisotopic (exact) mass is 454 g/mol. The lowest BCUT2D eigenvalue weighted by molar-refractivity contribution is -0.135. The van der Waals surface area contributed by atoms with Crippen molar-refractivity contribution in [2.45, 2.75) is 44.6 Å². The Kier molecular flexibility index (Phi) is 5.52. The standard InChI is InChI=1S/C22H22N4O5S/c27-18(25-26-20(28)15-11-30-13-6-2-3-7-14(13)31-15)10-9-17-23-21(29)19-12-5-1-4-8-16(12)32-22(19)24-17/h2-3,6-7,15H,1,4-5,8-11H2,(H,25,27)(H,26,28)(H,23,24,29)/t15-/m0/s1. The Morgan fingerprint density at radius 2 is 1.97 bits per heavy atom. The number of fused-ring (bicyclic) bond motifs is 4. The highest BCUT2D eigenvalue weighted by Crippen LogP contribution is 2.33. The van der Waals surface area contributed by atoms with Crippen LogP contribution in [0, 0.1) is 0 Å². The van der Waals surface area contributed by atoms with Gasteiger partial charge in [-0.25, -0.2) is 4.98 Å². The first-order valence-corrected chi connectivity index (χ1v) is 11.4. The molecular weight excluding hydrogens is 432 g/mol. The molecule has 166 valence electrons. The van der Waals surface area contributed by atoms with Crippen molar-refractivity contribution < 1.29 is 19.1 Å². The fraction of sp³-hybridized carbons (Fsp3) is 0.364. The summed E-state index contributed by atoms with van der Waals surface area (Å²) in [5.41, 5.74) is 5.72. The van der Waals surface area contributed by atoms with Crippen LogP contribution in [0.15, 0.2) is 29.1 Å². The maximum atomic E-state index is 12.6. The van der Waals surface area contributed by atoms with Gasteiger partial charge in [0, 0.05) is 17.7 Å². The van der Waals surface area contributed by atoms with Crippen LogP contribution in [0.5, 0.6) is 11.5 Å². The predicted octanol–water partition coefficient (Wildman–Crippen LogP) is 1.78. The van der Waals surface area contributed by atoms with E-state index in [2.05, 4.69) is 20.8 Å². The molecule has 0 fully saturated rings. The molecule has 3 heterocycles. The summed E-state index contributed by atoms with van der Waals surface area (Å²) >= 11 is 1.57. The summed E-state index contributed by atoms with van der Waals surface area (Å²) in [5.74, 6) is 0.605. The molecule has 3 aromatic rings. The van der Waals surface area contributed by atoms with E-state index in [1.165, 1.54) is 4.88 Å². The molecule has 3 N–H and O–H groups in total. The highest BCUT2D eigenvalue weighted by Gasteiger charge is 2.27. The lowest BCUT2D eigenvalue weighted by Gasteiger charge is -2.25. The van der Waals surface area contributed by atoms with Crippen LogP contribution in [0.25, 0.3) is 10.2 Å². The van der Waals surface area contributed by atoms with E-state index in [1.807, 2.05) is 6.07 Å². The zero-order valence-corrected chi connectivity index (χ0v) is 18.0. The van der Waals surface area contributed by atoms with Crippen LogP contribution in [0.3, 0.4) is 0 Å². The van der Waals surface area contributed by atoms with Crippen LogP contribution < -0.4 is 25.9 Å². The second-order valence-corrected chi connectivity index (χ2v) is 8.89. The van der Waals surface area contributed by atoms with Gasteiger partial charge in [0.2, 0.25) is 12.0 Å². The van der Waals surface area contributed by atoms with Gasteiger partial charge in [0.05, 0.1) is 5.39 Å². The van der Waals surface area contributed by atoms with Crippen molar-refractivity contribution in [3.8, 4) is 11.5 Å². The van der Waals surface area contributed by atoms with Gasteiger partial charge in [-0.05, 0) is 43.4 Å². The fourth-order valence-electron chi connectivity index (χ4n) is 3.98. The molecule has 1 atom stereocenters. The molecule has 1 aromatic carbocycles. The van der Waals surface area contributed by atoms with E-state index in [1.54, 1.807) is 29.5 Å². The van der Waals surface area contributed by atoms with E-state index in [9.17, 15) is 14.4 Å². The molecule has 2 amide bonds. The van der Waals surface area contributed by atoms with Gasteiger partial charge in [0.25, 0.3) is 11.5 Å². The lowest BCUT2D eigenvalue weighted by atomic mass is 9.97. The zero-order chi connectivity index (χ0) is 22.1. The number of thiophene rings is 1. The summed E-state index contributed by atoms with van der Waals surface area (Å²) in [4.78, 5) is 46.4. The molecule has 2 aromatic heterocycles. The number of rotatable bonds is 4. The summed E-state index contributed by atoms with van der Waals surface area (Å²) in [6.45, 7) is 0.0503. The number of hydrazine groups is 1. The summed E-state index contributed by atoms with van der Waals surface area (Å²) in [7, 11) is 0. The predicted molar refractivity (Wildman–Crippen MR) is 118 cm³/mol. The SMILES string of the molecule is O=C(CCc1nc2sc3c(c2c(=O)[nH]1)CCCC3)NNC(=O)[C@@H]1COc2ccccc2O1. The first-order valence-electron chi connectivity index (χ1n) is 10.6. The number of H-pyrrole nitrogens is 1. The lowest BCUT2D eigenvalue weighted by Crippen LogP contribution is -2.50. The zero-order valence-electron chi connectivity index (χ0n) is 17.2. The van der Waals surface area contributed by atoms with Gasteiger partial charge >= 0.3 is 0 Å². The Bertz CT molecular complexity index is 1250. The minimum Gasteiger partial charge on any atom is -0.485 e. The Morgan fingerprint density at radius 3 is 2.84 bits per heavy atom. The third kappa shape index (κ3) is 4.05. The van der Waals surface area contributed by atoms with E-state index in [-0.39, 0.29) is 25.0 Å². The van der Waals surface area contributed by atoms with Crippen LogP contribution in [0.2, 0.25) is 0 Å². The minimum absolute atomic E-state index is 0.0503. The van der Waals surface area contributed by atoms with Gasteiger partial charge in [-0.3, -0.25) is 25.2 Å². The normalized spacial score (nSPS) is 16.9. The quantitative estimate of drug-likeness (QED) is 0.517. The number of ether oxygens (including phenoxy) is 2. The highest BCUT2D eigenvalue weighted by atomic mass is 32.1. The van der Waals surface area contributed by atoms with Gasteiger partial charge < -0.3 is 14.5 Å². The third-order valence-corrected chi connectivity index (χ3v) is 6.77. The Labute approximate surface area is 187 Å². The van der Waals surface area contributed by atoms with E-state index in [0.717, 1.165) is 36.1 Å². The van der Waals surface area contributed by atoms with Gasteiger partial charge in [-0.2, -0.15) is 0 Å². The molecule has 0 saturated heterocycles. The smallest absolute Gasteiger partial charge is 0.283 e. The van der Waals surface area contributed by atoms with Crippen LogP contribution in [0.1, 0.15) is 35.5 Å². The van der Waals surface area contributed by atoms with Crippen LogP contribution >= 0.6 is 11.3 Å². The number of hydrogen-bond donors (Lipinski definition) is 3. The van der Waals surface area contributed by atoms with Crippen molar-refractivity contribution in [2.75, 3.05) is 6.61 Å². The molecule has 1 aliphatic carbocycles. The highest BCUT2D eigenvalue weighted by molar-refractivity contribution is 7.18. The Morgan fingerprint density at radius 1 is 1.16 bits per heavy atom. The maximum absolute atomic E-state index is 12.6. The Hall–Kier alpha value is -3.40. The average Bonchev–Trinajstić information content (AvgIpc) is 3.19. The summed E-state index contributed by atoms with van der Waals surface area (Å²) < 4.78 is 11.1. The number of aryl methyl sites for hydroxylation is 3. The molecule has 5 rings (SSSR count). The van der Waals surface area contributed by atoms with Crippen molar-refractivity contribution in [1.29, 1.82) is 0 Å². The molecule has 10 heteroatoms. The number of amides is 2. The number of nitrogens with zero attached hydrogens (tertiary/aromatic N) is 1. The summed E-state index contributed by atoms with van der Waals surface area (Å²) in [6.07, 6.45) is 3.60. The number of nitrogens with one attached hydrogen (secondary N) is 3. The molecule has 2 aliphatic rings. The number of carbonyl (C=O) groups is 2. The van der Waals surface area contributed by atoms with Crippen LogP contribution in [-0.4, -0.2) is 34.5 Å². The fourth-order valence-corrected chi connectivity index (χ4v) is 5.26. The number of benzene rings is 1. The summed E-state index contributed by atoms with van der Waals surface area (Å²) in [5, 5.41) is 0.696. The maximum Gasteiger partial charge on any atom is 0.283 e. The van der Waals surface area contributed by atoms with E-state index in [4.69, 9.17) is 9.47 Å². The third-order valence-electron chi connectivity index (χ3n) is 5.59.